The van der Waals surface area contributed by atoms with Crippen LogP contribution in [0.4, 0.5) is 22.4 Å². The number of likely N-dealkylation sites (tertiary alicyclic amines) is 1. The molecule has 0 spiro atoms. The van der Waals surface area contributed by atoms with Gasteiger partial charge in [0, 0.05) is 13.1 Å². The van der Waals surface area contributed by atoms with E-state index in [1.54, 1.807) is 0 Å². The summed E-state index contributed by atoms with van der Waals surface area (Å²) in [4.78, 5) is 24.8. The van der Waals surface area contributed by atoms with Crippen LogP contribution in [0.25, 0.3) is 0 Å². The van der Waals surface area contributed by atoms with Gasteiger partial charge in [-0.15, -0.1) is 0 Å². The number of amides is 2. The first-order chi connectivity index (χ1) is 11.3. The molecular formula is C15H16F4N2O3. The van der Waals surface area contributed by atoms with Crippen molar-refractivity contribution in [2.75, 3.05) is 13.2 Å². The second-order valence-corrected chi connectivity index (χ2v) is 5.37. The lowest BCUT2D eigenvalue weighted by molar-refractivity contribution is -0.162. The zero-order valence-corrected chi connectivity index (χ0v) is 12.6. The summed E-state index contributed by atoms with van der Waals surface area (Å²) in [6.07, 6.45) is -4.94. The minimum atomic E-state index is -4.62. The van der Waals surface area contributed by atoms with E-state index in [0.29, 0.717) is 18.4 Å². The normalized spacial score (nSPS) is 17.7. The fourth-order valence-electron chi connectivity index (χ4n) is 2.39. The smallest absolute Gasteiger partial charge is 0.422 e. The van der Waals surface area contributed by atoms with Gasteiger partial charge in [0.15, 0.2) is 6.61 Å². The largest absolute Gasteiger partial charge is 0.440 e. The number of rotatable bonds is 4. The SMILES string of the molecule is O=C(NCc1ccc(F)cc1)[C@@H]1CCCN1C(=O)OCC(F)(F)F. The summed E-state index contributed by atoms with van der Waals surface area (Å²) in [7, 11) is 0. The van der Waals surface area contributed by atoms with Crippen molar-refractivity contribution >= 4 is 12.0 Å². The van der Waals surface area contributed by atoms with Gasteiger partial charge in [0.1, 0.15) is 11.9 Å². The second-order valence-electron chi connectivity index (χ2n) is 5.37. The van der Waals surface area contributed by atoms with Crippen molar-refractivity contribution in [1.29, 1.82) is 0 Å². The number of nitrogens with zero attached hydrogens (tertiary/aromatic N) is 1. The lowest BCUT2D eigenvalue weighted by Gasteiger charge is -2.23. The molecule has 132 valence electrons. The summed E-state index contributed by atoms with van der Waals surface area (Å²) in [6.45, 7) is -1.40. The number of hydrogen-bond donors (Lipinski definition) is 1. The van der Waals surface area contributed by atoms with Crippen molar-refractivity contribution in [3.05, 3.63) is 35.6 Å². The molecule has 1 fully saturated rings. The molecule has 1 saturated heterocycles. The molecule has 1 heterocycles. The Balaban J connectivity index is 1.88. The molecule has 1 aromatic rings. The van der Waals surface area contributed by atoms with Gasteiger partial charge in [-0.3, -0.25) is 9.69 Å². The van der Waals surface area contributed by atoms with Crippen LogP contribution in [0.5, 0.6) is 0 Å². The fourth-order valence-corrected chi connectivity index (χ4v) is 2.39. The zero-order chi connectivity index (χ0) is 17.7. The van der Waals surface area contributed by atoms with Crippen LogP contribution >= 0.6 is 0 Å². The van der Waals surface area contributed by atoms with E-state index in [4.69, 9.17) is 0 Å². The van der Waals surface area contributed by atoms with Crippen LogP contribution in [0.3, 0.4) is 0 Å². The van der Waals surface area contributed by atoms with Gasteiger partial charge in [0.2, 0.25) is 5.91 Å². The summed E-state index contributed by atoms with van der Waals surface area (Å²) < 4.78 is 53.3. The molecule has 1 N–H and O–H groups in total. The molecule has 1 aliphatic heterocycles. The molecule has 0 aliphatic carbocycles. The molecule has 2 amide bonds. The molecule has 9 heteroatoms. The summed E-state index contributed by atoms with van der Waals surface area (Å²) in [5, 5.41) is 2.58. The Kier molecular flexibility index (Phi) is 5.63. The molecule has 0 bridgehead atoms. The first-order valence-electron chi connectivity index (χ1n) is 7.28. The number of hydrogen-bond acceptors (Lipinski definition) is 3. The van der Waals surface area contributed by atoms with Crippen molar-refractivity contribution in [3.8, 4) is 0 Å². The lowest BCUT2D eigenvalue weighted by atomic mass is 10.2. The van der Waals surface area contributed by atoms with E-state index in [-0.39, 0.29) is 13.1 Å². The second kappa shape index (κ2) is 7.50. The Labute approximate surface area is 135 Å². The highest BCUT2D eigenvalue weighted by atomic mass is 19.4. The minimum absolute atomic E-state index is 0.126. The van der Waals surface area contributed by atoms with Gasteiger partial charge in [0.25, 0.3) is 0 Å². The number of nitrogens with one attached hydrogen (secondary N) is 1. The summed E-state index contributed by atoms with van der Waals surface area (Å²) in [5.41, 5.74) is 0.661. The Morgan fingerprint density at radius 3 is 2.54 bits per heavy atom. The predicted molar refractivity (Wildman–Crippen MR) is 75.4 cm³/mol. The standard InChI is InChI=1S/C15H16F4N2O3/c16-11-5-3-10(4-6-11)8-20-13(22)12-2-1-7-21(12)14(23)24-9-15(17,18)19/h3-6,12H,1-2,7-9H2,(H,20,22)/t12-/m0/s1. The van der Waals surface area contributed by atoms with Crippen LogP contribution in [0, 0.1) is 5.82 Å². The third-order valence-corrected chi connectivity index (χ3v) is 3.53. The van der Waals surface area contributed by atoms with Crippen LogP contribution in [0.1, 0.15) is 18.4 Å². The average Bonchev–Trinajstić information content (AvgIpc) is 3.01. The maximum atomic E-state index is 12.8. The number of carbonyl (C=O) groups is 2. The first-order valence-corrected chi connectivity index (χ1v) is 7.28. The first kappa shape index (κ1) is 18.0. The number of halogens is 4. The van der Waals surface area contributed by atoms with Crippen LogP contribution in [0.2, 0.25) is 0 Å². The third-order valence-electron chi connectivity index (χ3n) is 3.53. The highest BCUT2D eigenvalue weighted by Crippen LogP contribution is 2.21. The Morgan fingerprint density at radius 1 is 1.25 bits per heavy atom. The topological polar surface area (TPSA) is 58.6 Å². The predicted octanol–water partition coefficient (Wildman–Crippen LogP) is 2.61. The van der Waals surface area contributed by atoms with E-state index in [1.165, 1.54) is 24.3 Å². The van der Waals surface area contributed by atoms with Crippen molar-refractivity contribution in [2.45, 2.75) is 31.6 Å². The Bertz CT molecular complexity index is 589. The van der Waals surface area contributed by atoms with Crippen LogP contribution in [0.15, 0.2) is 24.3 Å². The number of alkyl halides is 3. The molecule has 0 saturated carbocycles. The van der Waals surface area contributed by atoms with Gasteiger partial charge >= 0.3 is 12.3 Å². The molecule has 1 aliphatic rings. The number of ether oxygens (including phenoxy) is 1. The van der Waals surface area contributed by atoms with Crippen molar-refractivity contribution in [3.63, 3.8) is 0 Å². The minimum Gasteiger partial charge on any atom is -0.440 e. The van der Waals surface area contributed by atoms with E-state index in [9.17, 15) is 27.2 Å². The maximum Gasteiger partial charge on any atom is 0.422 e. The quantitative estimate of drug-likeness (QED) is 0.851. The molecule has 0 radical (unpaired) electrons. The maximum absolute atomic E-state index is 12.8. The van der Waals surface area contributed by atoms with Crippen LogP contribution in [-0.2, 0) is 16.1 Å². The third kappa shape index (κ3) is 5.10. The molecule has 0 aromatic heterocycles. The van der Waals surface area contributed by atoms with Crippen molar-refractivity contribution < 1.29 is 31.9 Å². The summed E-state index contributed by atoms with van der Waals surface area (Å²) in [5.74, 6) is -0.889. The van der Waals surface area contributed by atoms with Crippen molar-refractivity contribution in [2.24, 2.45) is 0 Å². The highest BCUT2D eigenvalue weighted by Gasteiger charge is 2.37. The summed E-state index contributed by atoms with van der Waals surface area (Å²) in [6, 6.07) is 4.63. The zero-order valence-electron chi connectivity index (χ0n) is 12.6. The van der Waals surface area contributed by atoms with Gasteiger partial charge in [-0.05, 0) is 30.5 Å². The molecule has 1 atom stereocenters. The number of carbonyl (C=O) groups excluding carboxylic acids is 2. The van der Waals surface area contributed by atoms with E-state index in [2.05, 4.69) is 10.1 Å². The van der Waals surface area contributed by atoms with E-state index in [0.717, 1.165) is 4.90 Å². The average molecular weight is 348 g/mol. The van der Waals surface area contributed by atoms with Crippen LogP contribution < -0.4 is 5.32 Å². The van der Waals surface area contributed by atoms with E-state index < -0.39 is 36.6 Å². The fraction of sp³-hybridized carbons (Fsp3) is 0.467. The molecule has 24 heavy (non-hydrogen) atoms. The highest BCUT2D eigenvalue weighted by molar-refractivity contribution is 5.86. The molecule has 2 rings (SSSR count). The summed E-state index contributed by atoms with van der Waals surface area (Å²) >= 11 is 0. The van der Waals surface area contributed by atoms with Gasteiger partial charge in [-0.25, -0.2) is 9.18 Å². The van der Waals surface area contributed by atoms with E-state index >= 15 is 0 Å². The molecular weight excluding hydrogens is 332 g/mol. The molecule has 0 unspecified atom stereocenters. The Hall–Kier alpha value is -2.32. The van der Waals surface area contributed by atoms with Gasteiger partial charge in [0.05, 0.1) is 0 Å². The monoisotopic (exact) mass is 348 g/mol. The van der Waals surface area contributed by atoms with Gasteiger partial charge in [-0.2, -0.15) is 13.2 Å². The number of benzene rings is 1. The molecule has 5 nitrogen and oxygen atoms in total. The van der Waals surface area contributed by atoms with E-state index in [1.807, 2.05) is 0 Å². The van der Waals surface area contributed by atoms with Gasteiger partial charge in [-0.1, -0.05) is 12.1 Å². The van der Waals surface area contributed by atoms with Crippen LogP contribution in [-0.4, -0.2) is 42.3 Å². The Morgan fingerprint density at radius 2 is 1.92 bits per heavy atom. The lowest BCUT2D eigenvalue weighted by Crippen LogP contribution is -2.46. The van der Waals surface area contributed by atoms with Gasteiger partial charge < -0.3 is 10.1 Å². The molecule has 1 aromatic carbocycles. The van der Waals surface area contributed by atoms with Crippen molar-refractivity contribution in [1.82, 2.24) is 10.2 Å².